The summed E-state index contributed by atoms with van der Waals surface area (Å²) in [5.74, 6) is 0.846. The minimum Gasteiger partial charge on any atom is -0.394 e. The molecule has 1 unspecified atom stereocenters. The second-order valence-electron chi connectivity index (χ2n) is 5.32. The molecule has 3 N–H and O–H groups in total. The lowest BCUT2D eigenvalue weighted by atomic mass is 9.91. The van der Waals surface area contributed by atoms with E-state index < -0.39 is 5.54 Å². The summed E-state index contributed by atoms with van der Waals surface area (Å²) in [6.45, 7) is 1.77. The summed E-state index contributed by atoms with van der Waals surface area (Å²) >= 11 is 0. The lowest BCUT2D eigenvalue weighted by molar-refractivity contribution is 0.148. The molecular formula is C14H22N2O. The molecule has 94 valence electrons. The summed E-state index contributed by atoms with van der Waals surface area (Å²) in [5, 5.41) is 9.59. The lowest BCUT2D eigenvalue weighted by Gasteiger charge is -2.32. The molecule has 0 heterocycles. The van der Waals surface area contributed by atoms with Crippen molar-refractivity contribution in [1.29, 1.82) is 0 Å². The van der Waals surface area contributed by atoms with Gasteiger partial charge in [0, 0.05) is 13.1 Å². The maximum absolute atomic E-state index is 9.59. The Hall–Kier alpha value is -0.900. The fourth-order valence-electron chi connectivity index (χ4n) is 2.29. The molecular weight excluding hydrogens is 212 g/mol. The summed E-state index contributed by atoms with van der Waals surface area (Å²) in [4.78, 5) is 2.24. The smallest absolute Gasteiger partial charge is 0.0772 e. The molecule has 0 bridgehead atoms. The molecule has 2 rings (SSSR count). The number of aliphatic hydroxyl groups is 1. The lowest BCUT2D eigenvalue weighted by Crippen LogP contribution is -2.49. The Balaban J connectivity index is 2.02. The molecule has 0 aliphatic heterocycles. The zero-order valence-corrected chi connectivity index (χ0v) is 10.5. The molecule has 1 aromatic rings. The average Bonchev–Trinajstić information content (AvgIpc) is 3.13. The molecule has 0 spiro atoms. The first-order valence-electron chi connectivity index (χ1n) is 6.28. The van der Waals surface area contributed by atoms with Gasteiger partial charge in [0.15, 0.2) is 0 Å². The summed E-state index contributed by atoms with van der Waals surface area (Å²) in [7, 11) is 2.08. The monoisotopic (exact) mass is 234 g/mol. The molecule has 1 aliphatic carbocycles. The van der Waals surface area contributed by atoms with Crippen molar-refractivity contribution in [3.05, 3.63) is 35.9 Å². The standard InChI is InChI=1S/C14H22N2O/c1-16(9-12-7-8-12)10-14(15,11-17)13-5-3-2-4-6-13/h2-6,12,17H,7-11,15H2,1H3. The Kier molecular flexibility index (Phi) is 3.82. The molecule has 3 heteroatoms. The van der Waals surface area contributed by atoms with E-state index in [0.717, 1.165) is 18.0 Å². The Morgan fingerprint density at radius 3 is 2.53 bits per heavy atom. The third-order valence-corrected chi connectivity index (χ3v) is 3.45. The van der Waals surface area contributed by atoms with Gasteiger partial charge in [-0.05, 0) is 31.4 Å². The first-order chi connectivity index (χ1) is 8.14. The van der Waals surface area contributed by atoms with Gasteiger partial charge in [-0.1, -0.05) is 30.3 Å². The molecule has 1 atom stereocenters. The quantitative estimate of drug-likeness (QED) is 0.777. The van der Waals surface area contributed by atoms with Gasteiger partial charge in [-0.15, -0.1) is 0 Å². The molecule has 1 aromatic carbocycles. The minimum atomic E-state index is -0.648. The fourth-order valence-corrected chi connectivity index (χ4v) is 2.29. The highest BCUT2D eigenvalue weighted by Crippen LogP contribution is 2.30. The summed E-state index contributed by atoms with van der Waals surface area (Å²) < 4.78 is 0. The van der Waals surface area contributed by atoms with Crippen LogP contribution in [0.5, 0.6) is 0 Å². The third-order valence-electron chi connectivity index (χ3n) is 3.45. The van der Waals surface area contributed by atoms with Crippen LogP contribution in [0.2, 0.25) is 0 Å². The third kappa shape index (κ3) is 3.28. The van der Waals surface area contributed by atoms with Crippen LogP contribution in [-0.4, -0.2) is 36.8 Å². The van der Waals surface area contributed by atoms with Crippen molar-refractivity contribution >= 4 is 0 Å². The van der Waals surface area contributed by atoms with Gasteiger partial charge >= 0.3 is 0 Å². The van der Waals surface area contributed by atoms with Crippen LogP contribution in [0.4, 0.5) is 0 Å². The first kappa shape index (κ1) is 12.6. The van der Waals surface area contributed by atoms with E-state index in [4.69, 9.17) is 5.73 Å². The molecule has 3 nitrogen and oxygen atoms in total. The largest absolute Gasteiger partial charge is 0.394 e. The Morgan fingerprint density at radius 2 is 2.00 bits per heavy atom. The van der Waals surface area contributed by atoms with E-state index in [2.05, 4.69) is 11.9 Å². The molecule has 17 heavy (non-hydrogen) atoms. The van der Waals surface area contributed by atoms with Crippen molar-refractivity contribution in [2.24, 2.45) is 11.7 Å². The summed E-state index contributed by atoms with van der Waals surface area (Å²) in [6.07, 6.45) is 2.68. The van der Waals surface area contributed by atoms with Gasteiger partial charge in [-0.3, -0.25) is 0 Å². The molecule has 0 amide bonds. The molecule has 0 saturated heterocycles. The van der Waals surface area contributed by atoms with Crippen LogP contribution in [-0.2, 0) is 5.54 Å². The van der Waals surface area contributed by atoms with Crippen molar-refractivity contribution in [1.82, 2.24) is 4.90 Å². The Bertz CT molecular complexity index is 350. The number of benzene rings is 1. The highest BCUT2D eigenvalue weighted by molar-refractivity contribution is 5.24. The van der Waals surface area contributed by atoms with E-state index in [-0.39, 0.29) is 6.61 Å². The number of likely N-dealkylation sites (N-methyl/N-ethyl adjacent to an activating group) is 1. The maximum Gasteiger partial charge on any atom is 0.0772 e. The van der Waals surface area contributed by atoms with Crippen LogP contribution >= 0.6 is 0 Å². The van der Waals surface area contributed by atoms with E-state index in [1.165, 1.54) is 12.8 Å². The SMILES string of the molecule is CN(CC1CC1)CC(N)(CO)c1ccccc1. The predicted octanol–water partition coefficient (Wildman–Crippen LogP) is 1.17. The van der Waals surface area contributed by atoms with E-state index in [1.54, 1.807) is 0 Å². The summed E-state index contributed by atoms with van der Waals surface area (Å²) in [6, 6.07) is 9.87. The van der Waals surface area contributed by atoms with E-state index in [9.17, 15) is 5.11 Å². The van der Waals surface area contributed by atoms with Gasteiger partial charge in [0.05, 0.1) is 12.1 Å². The highest BCUT2D eigenvalue weighted by Gasteiger charge is 2.30. The van der Waals surface area contributed by atoms with Crippen LogP contribution in [0.15, 0.2) is 30.3 Å². The summed E-state index contributed by atoms with van der Waals surface area (Å²) in [5.41, 5.74) is 6.68. The molecule has 1 aliphatic rings. The topological polar surface area (TPSA) is 49.5 Å². The Labute approximate surface area is 103 Å². The zero-order valence-electron chi connectivity index (χ0n) is 10.5. The normalized spacial score (nSPS) is 19.3. The number of rotatable bonds is 6. The van der Waals surface area contributed by atoms with Gasteiger partial charge in [0.1, 0.15) is 0 Å². The molecule has 0 aromatic heterocycles. The minimum absolute atomic E-state index is 0.0218. The molecule has 0 radical (unpaired) electrons. The van der Waals surface area contributed by atoms with Crippen molar-refractivity contribution in [3.8, 4) is 0 Å². The van der Waals surface area contributed by atoms with Crippen LogP contribution in [0.1, 0.15) is 18.4 Å². The Morgan fingerprint density at radius 1 is 1.35 bits per heavy atom. The number of hydrogen-bond acceptors (Lipinski definition) is 3. The fraction of sp³-hybridized carbons (Fsp3) is 0.571. The van der Waals surface area contributed by atoms with Crippen LogP contribution < -0.4 is 5.73 Å². The van der Waals surface area contributed by atoms with Crippen LogP contribution in [0, 0.1) is 5.92 Å². The number of nitrogens with two attached hydrogens (primary N) is 1. The molecule has 1 saturated carbocycles. The first-order valence-corrected chi connectivity index (χ1v) is 6.28. The number of nitrogens with zero attached hydrogens (tertiary/aromatic N) is 1. The van der Waals surface area contributed by atoms with Gasteiger partial charge in [-0.2, -0.15) is 0 Å². The number of hydrogen-bond donors (Lipinski definition) is 2. The maximum atomic E-state index is 9.59. The second-order valence-corrected chi connectivity index (χ2v) is 5.32. The van der Waals surface area contributed by atoms with Gasteiger partial charge in [0.25, 0.3) is 0 Å². The van der Waals surface area contributed by atoms with Crippen molar-refractivity contribution < 1.29 is 5.11 Å². The van der Waals surface area contributed by atoms with Crippen molar-refractivity contribution in [3.63, 3.8) is 0 Å². The predicted molar refractivity (Wildman–Crippen MR) is 69.6 cm³/mol. The van der Waals surface area contributed by atoms with E-state index in [1.807, 2.05) is 30.3 Å². The molecule has 1 fully saturated rings. The second kappa shape index (κ2) is 5.17. The van der Waals surface area contributed by atoms with Crippen LogP contribution in [0.25, 0.3) is 0 Å². The van der Waals surface area contributed by atoms with Crippen molar-refractivity contribution in [2.75, 3.05) is 26.7 Å². The van der Waals surface area contributed by atoms with E-state index in [0.29, 0.717) is 6.54 Å². The van der Waals surface area contributed by atoms with Gasteiger partial charge in [0.2, 0.25) is 0 Å². The van der Waals surface area contributed by atoms with Crippen LogP contribution in [0.3, 0.4) is 0 Å². The highest BCUT2D eigenvalue weighted by atomic mass is 16.3. The zero-order chi connectivity index (χ0) is 12.3. The van der Waals surface area contributed by atoms with Gasteiger partial charge < -0.3 is 15.7 Å². The number of aliphatic hydroxyl groups excluding tert-OH is 1. The average molecular weight is 234 g/mol. The van der Waals surface area contributed by atoms with Crippen molar-refractivity contribution in [2.45, 2.75) is 18.4 Å². The van der Waals surface area contributed by atoms with E-state index >= 15 is 0 Å². The van der Waals surface area contributed by atoms with Gasteiger partial charge in [-0.25, -0.2) is 0 Å².